The molecule has 0 amide bonds. The largest absolute Gasteiger partial charge is 0.423 e. The predicted molar refractivity (Wildman–Crippen MR) is 68.4 cm³/mol. The van der Waals surface area contributed by atoms with Gasteiger partial charge in [-0.15, -0.1) is 10.2 Å². The molecular formula is C13H14N4O2. The van der Waals surface area contributed by atoms with Gasteiger partial charge in [-0.3, -0.25) is 0 Å². The van der Waals surface area contributed by atoms with E-state index in [1.165, 1.54) is 0 Å². The highest BCUT2D eigenvalue weighted by atomic mass is 16.4. The van der Waals surface area contributed by atoms with Gasteiger partial charge in [0.1, 0.15) is 12.2 Å². The van der Waals surface area contributed by atoms with Crippen molar-refractivity contribution >= 4 is 11.0 Å². The maximum absolute atomic E-state index is 9.36. The zero-order valence-corrected chi connectivity index (χ0v) is 10.6. The zero-order valence-electron chi connectivity index (χ0n) is 10.6. The lowest BCUT2D eigenvalue weighted by atomic mass is 10.2. The van der Waals surface area contributed by atoms with Crippen LogP contribution in [0.15, 0.2) is 28.9 Å². The van der Waals surface area contributed by atoms with Gasteiger partial charge >= 0.3 is 0 Å². The van der Waals surface area contributed by atoms with Gasteiger partial charge in [0.15, 0.2) is 0 Å². The summed E-state index contributed by atoms with van der Waals surface area (Å²) in [5.41, 5.74) is 1.65. The molecule has 98 valence electrons. The van der Waals surface area contributed by atoms with Crippen molar-refractivity contribution in [1.29, 1.82) is 0 Å². The van der Waals surface area contributed by atoms with E-state index in [4.69, 9.17) is 4.42 Å². The van der Waals surface area contributed by atoms with Crippen LogP contribution in [0, 0.1) is 0 Å². The average Bonchev–Trinajstić information content (AvgIpc) is 3.04. The van der Waals surface area contributed by atoms with Crippen LogP contribution in [0.2, 0.25) is 0 Å². The highest BCUT2D eigenvalue weighted by molar-refractivity contribution is 5.80. The maximum Gasteiger partial charge on any atom is 0.236 e. The molecule has 0 atom stereocenters. The van der Waals surface area contributed by atoms with Crippen molar-refractivity contribution in [1.82, 2.24) is 19.7 Å². The predicted octanol–water partition coefficient (Wildman–Crippen LogP) is 1.52. The number of fused-ring (bicyclic) bond motifs is 1. The fourth-order valence-corrected chi connectivity index (χ4v) is 2.08. The van der Waals surface area contributed by atoms with Gasteiger partial charge in [-0.05, 0) is 12.1 Å². The molecule has 0 bridgehead atoms. The number of aromatic nitrogens is 4. The summed E-state index contributed by atoms with van der Waals surface area (Å²) in [6, 6.07) is 3.80. The third kappa shape index (κ3) is 2.10. The molecule has 0 unspecified atom stereocenters. The minimum Gasteiger partial charge on any atom is -0.423 e. The Morgan fingerprint density at radius 2 is 2.16 bits per heavy atom. The van der Waals surface area contributed by atoms with Gasteiger partial charge in [0.25, 0.3) is 0 Å². The molecule has 0 fully saturated rings. The van der Waals surface area contributed by atoms with Crippen LogP contribution < -0.4 is 0 Å². The number of aliphatic hydroxyl groups excluding tert-OH is 1. The first kappa shape index (κ1) is 11.9. The van der Waals surface area contributed by atoms with Crippen LogP contribution in [-0.4, -0.2) is 24.9 Å². The van der Waals surface area contributed by atoms with E-state index in [-0.39, 0.29) is 6.61 Å². The average molecular weight is 258 g/mol. The van der Waals surface area contributed by atoms with Crippen molar-refractivity contribution in [2.45, 2.75) is 26.5 Å². The van der Waals surface area contributed by atoms with Gasteiger partial charge in [-0.2, -0.15) is 0 Å². The number of hydrogen-bond donors (Lipinski definition) is 1. The number of rotatable bonds is 4. The van der Waals surface area contributed by atoms with E-state index >= 15 is 0 Å². The normalized spacial score (nSPS) is 11.3. The molecule has 0 saturated carbocycles. The lowest BCUT2D eigenvalue weighted by Crippen LogP contribution is -1.99. The van der Waals surface area contributed by atoms with E-state index in [0.29, 0.717) is 18.3 Å². The van der Waals surface area contributed by atoms with Gasteiger partial charge < -0.3 is 14.1 Å². The minimum absolute atomic E-state index is 0.0146. The Morgan fingerprint density at radius 1 is 1.32 bits per heavy atom. The summed E-state index contributed by atoms with van der Waals surface area (Å²) >= 11 is 0. The monoisotopic (exact) mass is 258 g/mol. The fourth-order valence-electron chi connectivity index (χ4n) is 2.08. The Balaban J connectivity index is 2.00. The Bertz CT molecular complexity index is 702. The molecule has 0 aliphatic heterocycles. The molecule has 0 aliphatic rings. The second-order valence-electron chi connectivity index (χ2n) is 4.26. The van der Waals surface area contributed by atoms with Crippen molar-refractivity contribution in [2.75, 3.05) is 0 Å². The van der Waals surface area contributed by atoms with Crippen molar-refractivity contribution in [2.24, 2.45) is 0 Å². The van der Waals surface area contributed by atoms with Crippen molar-refractivity contribution in [3.05, 3.63) is 41.9 Å². The van der Waals surface area contributed by atoms with Gasteiger partial charge in [-0.25, -0.2) is 4.98 Å². The van der Waals surface area contributed by atoms with Crippen LogP contribution in [0.1, 0.15) is 24.3 Å². The topological polar surface area (TPSA) is 77.0 Å². The number of hydrogen-bond acceptors (Lipinski definition) is 5. The van der Waals surface area contributed by atoms with E-state index in [1.54, 1.807) is 6.20 Å². The number of aliphatic hydroxyl groups is 1. The van der Waals surface area contributed by atoms with E-state index in [9.17, 15) is 5.11 Å². The molecular weight excluding hydrogens is 244 g/mol. The Kier molecular flexibility index (Phi) is 3.00. The third-order valence-corrected chi connectivity index (χ3v) is 3.00. The lowest BCUT2D eigenvalue weighted by Gasteiger charge is -1.99. The SMILES string of the molecule is CCc1nnc(Cn2cc(CO)c3cccnc32)o1. The highest BCUT2D eigenvalue weighted by Crippen LogP contribution is 2.20. The lowest BCUT2D eigenvalue weighted by molar-refractivity contribution is 0.283. The molecule has 3 rings (SSSR count). The molecule has 0 radical (unpaired) electrons. The highest BCUT2D eigenvalue weighted by Gasteiger charge is 2.11. The first-order valence-corrected chi connectivity index (χ1v) is 6.16. The Labute approximate surface area is 109 Å². The first-order chi connectivity index (χ1) is 9.31. The second kappa shape index (κ2) is 4.81. The number of aryl methyl sites for hydroxylation is 1. The van der Waals surface area contributed by atoms with Crippen LogP contribution in [0.25, 0.3) is 11.0 Å². The van der Waals surface area contributed by atoms with Gasteiger partial charge in [-0.1, -0.05) is 6.92 Å². The molecule has 6 heteroatoms. The molecule has 0 saturated heterocycles. The standard InChI is InChI=1S/C13H14N4O2/c1-2-11-15-16-12(19-11)7-17-6-9(8-18)10-4-3-5-14-13(10)17/h3-6,18H,2,7-8H2,1H3. The summed E-state index contributed by atoms with van der Waals surface area (Å²) in [5, 5.41) is 18.2. The number of pyridine rings is 1. The van der Waals surface area contributed by atoms with Gasteiger partial charge in [0, 0.05) is 29.8 Å². The third-order valence-electron chi connectivity index (χ3n) is 3.00. The quantitative estimate of drug-likeness (QED) is 0.767. The van der Waals surface area contributed by atoms with Gasteiger partial charge in [0.05, 0.1) is 6.61 Å². The molecule has 0 spiro atoms. The number of nitrogens with zero attached hydrogens (tertiary/aromatic N) is 4. The van der Waals surface area contributed by atoms with Crippen LogP contribution >= 0.6 is 0 Å². The molecule has 19 heavy (non-hydrogen) atoms. The van der Waals surface area contributed by atoms with Crippen LogP contribution in [0.4, 0.5) is 0 Å². The zero-order chi connectivity index (χ0) is 13.2. The summed E-state index contributed by atoms with van der Waals surface area (Å²) in [6.45, 7) is 2.41. The molecule has 0 aromatic carbocycles. The Hall–Kier alpha value is -2.21. The van der Waals surface area contributed by atoms with E-state index in [0.717, 1.165) is 23.0 Å². The molecule has 3 aromatic heterocycles. The summed E-state index contributed by atoms with van der Waals surface area (Å²) in [6.07, 6.45) is 4.32. The molecule has 3 heterocycles. The van der Waals surface area contributed by atoms with Crippen LogP contribution in [-0.2, 0) is 19.6 Å². The Morgan fingerprint density at radius 3 is 2.89 bits per heavy atom. The van der Waals surface area contributed by atoms with Crippen molar-refractivity contribution in [3.8, 4) is 0 Å². The summed E-state index contributed by atoms with van der Waals surface area (Å²) < 4.78 is 7.41. The summed E-state index contributed by atoms with van der Waals surface area (Å²) in [5.74, 6) is 1.17. The first-order valence-electron chi connectivity index (χ1n) is 6.16. The molecule has 6 nitrogen and oxygen atoms in total. The smallest absolute Gasteiger partial charge is 0.236 e. The van der Waals surface area contributed by atoms with Crippen molar-refractivity contribution < 1.29 is 9.52 Å². The molecule has 1 N–H and O–H groups in total. The van der Waals surface area contributed by atoms with E-state index in [1.807, 2.05) is 29.8 Å². The molecule has 0 aliphatic carbocycles. The van der Waals surface area contributed by atoms with Gasteiger partial charge in [0.2, 0.25) is 11.8 Å². The van der Waals surface area contributed by atoms with E-state index in [2.05, 4.69) is 15.2 Å². The second-order valence-corrected chi connectivity index (χ2v) is 4.26. The minimum atomic E-state index is -0.0146. The molecule has 3 aromatic rings. The summed E-state index contributed by atoms with van der Waals surface area (Å²) in [4.78, 5) is 4.33. The van der Waals surface area contributed by atoms with Crippen LogP contribution in [0.3, 0.4) is 0 Å². The van der Waals surface area contributed by atoms with E-state index < -0.39 is 0 Å². The maximum atomic E-state index is 9.36. The van der Waals surface area contributed by atoms with Crippen LogP contribution in [0.5, 0.6) is 0 Å². The van der Waals surface area contributed by atoms with Crippen molar-refractivity contribution in [3.63, 3.8) is 0 Å². The fraction of sp³-hybridized carbons (Fsp3) is 0.308. The summed E-state index contributed by atoms with van der Waals surface area (Å²) in [7, 11) is 0.